The highest BCUT2D eigenvalue weighted by Gasteiger charge is 2.27. The lowest BCUT2D eigenvalue weighted by molar-refractivity contribution is 0.0403. The second kappa shape index (κ2) is 14.1. The van der Waals surface area contributed by atoms with Gasteiger partial charge < -0.3 is 34.7 Å². The molecule has 0 aliphatic rings. The largest absolute Gasteiger partial charge is 0.444 e. The van der Waals surface area contributed by atoms with Crippen LogP contribution in [0.2, 0.25) is 0 Å². The fourth-order valence-corrected chi connectivity index (χ4v) is 3.50. The Morgan fingerprint density at radius 3 is 1.97 bits per heavy atom. The van der Waals surface area contributed by atoms with E-state index in [0.717, 1.165) is 16.7 Å². The number of nitrogens with one attached hydrogen (secondary N) is 2. The monoisotopic (exact) mass is 482 g/mol. The van der Waals surface area contributed by atoms with Gasteiger partial charge in [-0.25, -0.2) is 9.59 Å². The lowest BCUT2D eigenvalue weighted by Gasteiger charge is -2.28. The molecule has 0 aliphatic heterocycles. The van der Waals surface area contributed by atoms with Crippen LogP contribution in [0.1, 0.15) is 57.7 Å². The molecule has 0 bridgehead atoms. The average molecular weight is 483 g/mol. The quantitative estimate of drug-likeness (QED) is 0.368. The third-order valence-corrected chi connectivity index (χ3v) is 4.86. The highest BCUT2D eigenvalue weighted by atomic mass is 16.6. The van der Waals surface area contributed by atoms with Crippen molar-refractivity contribution >= 4 is 12.2 Å². The van der Waals surface area contributed by atoms with Gasteiger partial charge in [0.2, 0.25) is 0 Å². The maximum atomic E-state index is 12.3. The number of hydrogen-bond acceptors (Lipinski definition) is 7. The third-order valence-electron chi connectivity index (χ3n) is 4.86. The van der Waals surface area contributed by atoms with Gasteiger partial charge in [-0.3, -0.25) is 0 Å². The summed E-state index contributed by atoms with van der Waals surface area (Å²) in [6.45, 7) is 15.4. The molecule has 3 N–H and O–H groups in total. The molecule has 34 heavy (non-hydrogen) atoms. The number of aliphatic hydroxyl groups excluding tert-OH is 1. The van der Waals surface area contributed by atoms with E-state index in [1.165, 1.54) is 0 Å². The molecule has 0 fully saturated rings. The van der Waals surface area contributed by atoms with Gasteiger partial charge in [-0.05, 0) is 63.6 Å². The molecule has 1 rings (SSSR count). The first kappa shape index (κ1) is 29.7. The number of aryl methyl sites for hydroxylation is 2. The van der Waals surface area contributed by atoms with Crippen molar-refractivity contribution in [3.8, 4) is 5.75 Å². The van der Waals surface area contributed by atoms with Crippen LogP contribution < -0.4 is 15.4 Å². The molecule has 0 spiro atoms. The summed E-state index contributed by atoms with van der Waals surface area (Å²) in [6.07, 6.45) is -0.476. The molecule has 0 unspecified atom stereocenters. The Hall–Kier alpha value is -2.36. The molecule has 0 aromatic heterocycles. The van der Waals surface area contributed by atoms with E-state index in [2.05, 4.69) is 10.6 Å². The first-order valence-corrected chi connectivity index (χ1v) is 11.7. The number of carbonyl (C=O) groups excluding carboxylic acids is 2. The van der Waals surface area contributed by atoms with Crippen LogP contribution in [0.4, 0.5) is 9.59 Å². The van der Waals surface area contributed by atoms with E-state index in [9.17, 15) is 14.7 Å². The van der Waals surface area contributed by atoms with Crippen molar-refractivity contribution in [3.63, 3.8) is 0 Å². The fraction of sp³-hybridized carbons (Fsp3) is 0.680. The molecule has 0 heterocycles. The molecule has 0 aliphatic carbocycles. The van der Waals surface area contributed by atoms with Crippen molar-refractivity contribution < 1.29 is 33.6 Å². The summed E-state index contributed by atoms with van der Waals surface area (Å²) in [5.41, 5.74) is 2.06. The van der Waals surface area contributed by atoms with Gasteiger partial charge in [0.05, 0.1) is 26.4 Å². The summed E-state index contributed by atoms with van der Waals surface area (Å²) in [4.78, 5) is 23.8. The van der Waals surface area contributed by atoms with Crippen LogP contribution in [0, 0.1) is 13.8 Å². The smallest absolute Gasteiger partial charge is 0.412 e. The molecule has 2 amide bonds. The van der Waals surface area contributed by atoms with Crippen LogP contribution in [-0.2, 0) is 19.6 Å². The minimum atomic E-state index is -0.556. The van der Waals surface area contributed by atoms with Crippen molar-refractivity contribution in [1.82, 2.24) is 10.6 Å². The predicted octanol–water partition coefficient (Wildman–Crippen LogP) is 3.61. The van der Waals surface area contributed by atoms with E-state index in [0.29, 0.717) is 51.7 Å². The summed E-state index contributed by atoms with van der Waals surface area (Å²) in [5.74, 6) is 0.503. The topological polar surface area (TPSA) is 115 Å². The molecule has 9 heteroatoms. The van der Waals surface area contributed by atoms with Gasteiger partial charge in [0.1, 0.15) is 11.4 Å². The van der Waals surface area contributed by atoms with E-state index in [-0.39, 0.29) is 12.0 Å². The molecule has 0 radical (unpaired) electrons. The van der Waals surface area contributed by atoms with Crippen LogP contribution in [-0.4, -0.2) is 69.0 Å². The van der Waals surface area contributed by atoms with Crippen LogP contribution in [0.3, 0.4) is 0 Å². The zero-order valence-corrected chi connectivity index (χ0v) is 21.7. The number of hydrogen-bond donors (Lipinski definition) is 3. The maximum Gasteiger partial charge on any atom is 0.412 e. The summed E-state index contributed by atoms with van der Waals surface area (Å²) in [5, 5.41) is 14.7. The number of amides is 2. The minimum Gasteiger partial charge on any atom is -0.444 e. The average Bonchev–Trinajstić information content (AvgIpc) is 2.67. The van der Waals surface area contributed by atoms with Crippen LogP contribution >= 0.6 is 0 Å². The van der Waals surface area contributed by atoms with Crippen molar-refractivity contribution in [1.29, 1.82) is 0 Å². The highest BCUT2D eigenvalue weighted by Crippen LogP contribution is 2.37. The van der Waals surface area contributed by atoms with Gasteiger partial charge >= 0.3 is 12.2 Å². The first-order chi connectivity index (χ1) is 15.9. The number of ether oxygens (including phenoxy) is 4. The van der Waals surface area contributed by atoms with Crippen LogP contribution in [0.5, 0.6) is 5.75 Å². The zero-order valence-electron chi connectivity index (χ0n) is 21.7. The number of carbonyl (C=O) groups is 2. The maximum absolute atomic E-state index is 12.3. The second-order valence-electron chi connectivity index (χ2n) is 9.78. The van der Waals surface area contributed by atoms with E-state index >= 15 is 0 Å². The van der Waals surface area contributed by atoms with Crippen LogP contribution in [0.15, 0.2) is 12.1 Å². The standard InChI is InChI=1S/C25H42N2O7/c1-18-16-19(2)21(25(6,7)8-11-28)20(17-18)33-22(29)26-9-12-31-14-15-32-13-10-27-23(30)34-24(3,4)5/h16-17,28H,8-15H2,1-7H3,(H,26,29)(H,27,30). The van der Waals surface area contributed by atoms with E-state index in [1.54, 1.807) is 20.8 Å². The van der Waals surface area contributed by atoms with E-state index < -0.39 is 17.8 Å². The molecule has 0 saturated carbocycles. The Morgan fingerprint density at radius 2 is 1.44 bits per heavy atom. The minimum absolute atomic E-state index is 0.0489. The summed E-state index contributed by atoms with van der Waals surface area (Å²) >= 11 is 0. The van der Waals surface area contributed by atoms with Crippen molar-refractivity contribution in [2.75, 3.05) is 46.1 Å². The Kier molecular flexibility index (Phi) is 12.3. The van der Waals surface area contributed by atoms with Crippen molar-refractivity contribution in [2.24, 2.45) is 0 Å². The molecule has 0 saturated heterocycles. The third kappa shape index (κ3) is 11.7. The highest BCUT2D eigenvalue weighted by molar-refractivity contribution is 5.71. The zero-order chi connectivity index (χ0) is 25.8. The number of alkyl carbamates (subject to hydrolysis) is 1. The second-order valence-corrected chi connectivity index (χ2v) is 9.78. The SMILES string of the molecule is Cc1cc(C)c(C(C)(C)CCO)c(OC(=O)NCCOCCOCCNC(=O)OC(C)(C)C)c1. The number of aliphatic hydroxyl groups is 1. The molecule has 1 aromatic carbocycles. The molecule has 1 aromatic rings. The van der Waals surface area contributed by atoms with Gasteiger partial charge in [0, 0.05) is 25.3 Å². The predicted molar refractivity (Wildman–Crippen MR) is 131 cm³/mol. The summed E-state index contributed by atoms with van der Waals surface area (Å²) in [7, 11) is 0. The molecule has 9 nitrogen and oxygen atoms in total. The number of benzene rings is 1. The van der Waals surface area contributed by atoms with Gasteiger partial charge in [0.15, 0.2) is 0 Å². The Balaban J connectivity index is 2.29. The van der Waals surface area contributed by atoms with E-state index in [4.69, 9.17) is 18.9 Å². The van der Waals surface area contributed by atoms with Gasteiger partial charge in [-0.15, -0.1) is 0 Å². The Labute approximate surface area is 203 Å². The first-order valence-electron chi connectivity index (χ1n) is 11.7. The molecular formula is C25H42N2O7. The van der Waals surface area contributed by atoms with E-state index in [1.807, 2.05) is 39.8 Å². The van der Waals surface area contributed by atoms with Gasteiger partial charge in [-0.2, -0.15) is 0 Å². The van der Waals surface area contributed by atoms with Gasteiger partial charge in [-0.1, -0.05) is 19.9 Å². The molecule has 0 atom stereocenters. The fourth-order valence-electron chi connectivity index (χ4n) is 3.50. The molecular weight excluding hydrogens is 440 g/mol. The Morgan fingerprint density at radius 1 is 0.882 bits per heavy atom. The summed E-state index contributed by atoms with van der Waals surface area (Å²) < 4.78 is 21.6. The Bertz CT molecular complexity index is 788. The molecule has 194 valence electrons. The van der Waals surface area contributed by atoms with Crippen molar-refractivity contribution in [2.45, 2.75) is 65.9 Å². The van der Waals surface area contributed by atoms with Crippen LogP contribution in [0.25, 0.3) is 0 Å². The normalized spacial score (nSPS) is 11.8. The van der Waals surface area contributed by atoms with Crippen molar-refractivity contribution in [3.05, 3.63) is 28.8 Å². The lowest BCUT2D eigenvalue weighted by Crippen LogP contribution is -2.34. The summed E-state index contributed by atoms with van der Waals surface area (Å²) in [6, 6.07) is 3.88. The lowest BCUT2D eigenvalue weighted by atomic mass is 9.78. The number of rotatable bonds is 13. The van der Waals surface area contributed by atoms with Gasteiger partial charge in [0.25, 0.3) is 0 Å².